The van der Waals surface area contributed by atoms with Gasteiger partial charge in [0.15, 0.2) is 0 Å². The zero-order valence-corrected chi connectivity index (χ0v) is 11.8. The Balaban J connectivity index is 1.85. The lowest BCUT2D eigenvalue weighted by Gasteiger charge is -2.07. The fourth-order valence-electron chi connectivity index (χ4n) is 2.03. The lowest BCUT2D eigenvalue weighted by molar-refractivity contribution is 0.0954. The van der Waals surface area contributed by atoms with E-state index >= 15 is 0 Å². The predicted octanol–water partition coefficient (Wildman–Crippen LogP) is 2.98. The van der Waals surface area contributed by atoms with Gasteiger partial charge in [0.2, 0.25) is 0 Å². The van der Waals surface area contributed by atoms with E-state index in [1.807, 2.05) is 6.07 Å². The van der Waals surface area contributed by atoms with Crippen LogP contribution in [0.5, 0.6) is 5.75 Å². The van der Waals surface area contributed by atoms with E-state index in [2.05, 4.69) is 30.4 Å². The minimum absolute atomic E-state index is 0.0553. The highest BCUT2D eigenvalue weighted by Gasteiger charge is 2.04. The molecule has 2 aromatic carbocycles. The Morgan fingerprint density at radius 1 is 1.15 bits per heavy atom. The lowest BCUT2D eigenvalue weighted by Crippen LogP contribution is -2.25. The van der Waals surface area contributed by atoms with E-state index in [1.54, 1.807) is 31.4 Å². The van der Waals surface area contributed by atoms with Crippen LogP contribution in [0.15, 0.2) is 48.5 Å². The van der Waals surface area contributed by atoms with E-state index in [4.69, 9.17) is 4.74 Å². The number of ether oxygens (including phenoxy) is 1. The molecule has 0 aliphatic heterocycles. The van der Waals surface area contributed by atoms with Crippen LogP contribution in [0.4, 0.5) is 0 Å². The molecule has 0 saturated carbocycles. The summed E-state index contributed by atoms with van der Waals surface area (Å²) in [6, 6.07) is 15.4. The number of hydrogen-bond acceptors (Lipinski definition) is 2. The van der Waals surface area contributed by atoms with Crippen LogP contribution >= 0.6 is 0 Å². The first-order chi connectivity index (χ1) is 9.69. The number of hydrogen-bond donors (Lipinski definition) is 1. The Bertz CT molecular complexity index is 576. The molecule has 2 rings (SSSR count). The van der Waals surface area contributed by atoms with Gasteiger partial charge < -0.3 is 10.1 Å². The van der Waals surface area contributed by atoms with E-state index in [-0.39, 0.29) is 5.91 Å². The summed E-state index contributed by atoms with van der Waals surface area (Å²) in [4.78, 5) is 11.9. The molecule has 0 aromatic heterocycles. The third-order valence-electron chi connectivity index (χ3n) is 3.13. The van der Waals surface area contributed by atoms with Crippen LogP contribution in [0.25, 0.3) is 0 Å². The number of rotatable bonds is 5. The number of carbonyl (C=O) groups excluding carboxylic acids is 1. The third kappa shape index (κ3) is 3.85. The quantitative estimate of drug-likeness (QED) is 0.906. The maximum absolute atomic E-state index is 11.9. The third-order valence-corrected chi connectivity index (χ3v) is 3.13. The van der Waals surface area contributed by atoms with Crippen molar-refractivity contribution in [2.75, 3.05) is 13.7 Å². The van der Waals surface area contributed by atoms with Gasteiger partial charge in [0.1, 0.15) is 5.75 Å². The summed E-state index contributed by atoms with van der Waals surface area (Å²) >= 11 is 0. The van der Waals surface area contributed by atoms with Gasteiger partial charge in [-0.2, -0.15) is 0 Å². The van der Waals surface area contributed by atoms with Gasteiger partial charge in [0, 0.05) is 12.1 Å². The molecule has 0 saturated heterocycles. The second kappa shape index (κ2) is 6.75. The minimum Gasteiger partial charge on any atom is -0.497 e. The van der Waals surface area contributed by atoms with Gasteiger partial charge in [-0.25, -0.2) is 0 Å². The van der Waals surface area contributed by atoms with Gasteiger partial charge >= 0.3 is 0 Å². The SMILES string of the molecule is COc1ccc(C(=O)NCCc2cccc(C)c2)cc1. The largest absolute Gasteiger partial charge is 0.497 e. The molecule has 20 heavy (non-hydrogen) atoms. The number of methoxy groups -OCH3 is 1. The molecule has 3 heteroatoms. The molecule has 0 spiro atoms. The van der Waals surface area contributed by atoms with E-state index in [0.29, 0.717) is 12.1 Å². The van der Waals surface area contributed by atoms with Gasteiger partial charge in [-0.05, 0) is 43.2 Å². The van der Waals surface area contributed by atoms with Gasteiger partial charge in [-0.1, -0.05) is 29.8 Å². The van der Waals surface area contributed by atoms with Crippen molar-refractivity contribution in [2.24, 2.45) is 0 Å². The summed E-state index contributed by atoms with van der Waals surface area (Å²) in [7, 11) is 1.61. The Labute approximate surface area is 119 Å². The van der Waals surface area contributed by atoms with Crippen LogP contribution < -0.4 is 10.1 Å². The number of aryl methyl sites for hydroxylation is 1. The number of benzene rings is 2. The maximum atomic E-state index is 11.9. The first-order valence-electron chi connectivity index (χ1n) is 6.67. The van der Waals surface area contributed by atoms with Crippen LogP contribution in [-0.4, -0.2) is 19.6 Å². The van der Waals surface area contributed by atoms with Crippen molar-refractivity contribution in [2.45, 2.75) is 13.3 Å². The molecule has 104 valence electrons. The molecular formula is C17H19NO2. The maximum Gasteiger partial charge on any atom is 0.251 e. The fourth-order valence-corrected chi connectivity index (χ4v) is 2.03. The first kappa shape index (κ1) is 14.1. The lowest BCUT2D eigenvalue weighted by atomic mass is 10.1. The highest BCUT2D eigenvalue weighted by atomic mass is 16.5. The monoisotopic (exact) mass is 269 g/mol. The molecule has 0 atom stereocenters. The van der Waals surface area contributed by atoms with Crippen molar-refractivity contribution in [3.05, 3.63) is 65.2 Å². The molecule has 0 unspecified atom stereocenters. The van der Waals surface area contributed by atoms with Crippen molar-refractivity contribution < 1.29 is 9.53 Å². The molecule has 2 aromatic rings. The molecular weight excluding hydrogens is 250 g/mol. The molecule has 0 aliphatic carbocycles. The molecule has 0 radical (unpaired) electrons. The Morgan fingerprint density at radius 3 is 2.55 bits per heavy atom. The van der Waals surface area contributed by atoms with E-state index in [1.165, 1.54) is 11.1 Å². The van der Waals surface area contributed by atoms with E-state index < -0.39 is 0 Å². The average Bonchev–Trinajstić information content (AvgIpc) is 2.47. The number of carbonyl (C=O) groups is 1. The molecule has 3 nitrogen and oxygen atoms in total. The van der Waals surface area contributed by atoms with Gasteiger partial charge in [0.05, 0.1) is 7.11 Å². The van der Waals surface area contributed by atoms with Crippen LogP contribution in [0.3, 0.4) is 0 Å². The zero-order chi connectivity index (χ0) is 14.4. The summed E-state index contributed by atoms with van der Waals surface area (Å²) in [6.07, 6.45) is 0.837. The van der Waals surface area contributed by atoms with E-state index in [9.17, 15) is 4.79 Å². The molecule has 1 amide bonds. The van der Waals surface area contributed by atoms with Crippen LogP contribution in [0.1, 0.15) is 21.5 Å². The Hall–Kier alpha value is -2.29. The Kier molecular flexibility index (Phi) is 4.77. The fraction of sp³-hybridized carbons (Fsp3) is 0.235. The van der Waals surface area contributed by atoms with Crippen molar-refractivity contribution in [1.29, 1.82) is 0 Å². The van der Waals surface area contributed by atoms with Gasteiger partial charge in [-0.15, -0.1) is 0 Å². The summed E-state index contributed by atoms with van der Waals surface area (Å²) in [5.41, 5.74) is 3.12. The first-order valence-corrected chi connectivity index (χ1v) is 6.67. The highest BCUT2D eigenvalue weighted by Crippen LogP contribution is 2.11. The normalized spacial score (nSPS) is 10.1. The zero-order valence-electron chi connectivity index (χ0n) is 11.8. The van der Waals surface area contributed by atoms with Crippen LogP contribution in [-0.2, 0) is 6.42 Å². The second-order valence-electron chi connectivity index (χ2n) is 4.72. The molecule has 1 N–H and O–H groups in total. The standard InChI is InChI=1S/C17H19NO2/c1-13-4-3-5-14(12-13)10-11-18-17(19)15-6-8-16(20-2)9-7-15/h3-9,12H,10-11H2,1-2H3,(H,18,19). The van der Waals surface area contributed by atoms with Crippen LogP contribution in [0, 0.1) is 6.92 Å². The summed E-state index contributed by atoms with van der Waals surface area (Å²) in [5, 5.41) is 2.92. The van der Waals surface area contributed by atoms with Gasteiger partial charge in [-0.3, -0.25) is 4.79 Å². The average molecular weight is 269 g/mol. The smallest absolute Gasteiger partial charge is 0.251 e. The summed E-state index contributed by atoms with van der Waals surface area (Å²) in [5.74, 6) is 0.696. The van der Waals surface area contributed by atoms with Crippen LogP contribution in [0.2, 0.25) is 0 Å². The van der Waals surface area contributed by atoms with Crippen molar-refractivity contribution in [3.8, 4) is 5.75 Å². The number of amides is 1. The summed E-state index contributed by atoms with van der Waals surface area (Å²) in [6.45, 7) is 2.70. The second-order valence-corrected chi connectivity index (χ2v) is 4.72. The van der Waals surface area contributed by atoms with Crippen molar-refractivity contribution in [1.82, 2.24) is 5.32 Å². The predicted molar refractivity (Wildman–Crippen MR) is 80.2 cm³/mol. The number of nitrogens with one attached hydrogen (secondary N) is 1. The summed E-state index contributed by atoms with van der Waals surface area (Å²) < 4.78 is 5.07. The highest BCUT2D eigenvalue weighted by molar-refractivity contribution is 5.94. The molecule has 0 heterocycles. The van der Waals surface area contributed by atoms with Crippen molar-refractivity contribution in [3.63, 3.8) is 0 Å². The van der Waals surface area contributed by atoms with Crippen molar-refractivity contribution >= 4 is 5.91 Å². The molecule has 0 fully saturated rings. The topological polar surface area (TPSA) is 38.3 Å². The molecule has 0 bridgehead atoms. The Morgan fingerprint density at radius 2 is 1.90 bits per heavy atom. The minimum atomic E-state index is -0.0553. The molecule has 0 aliphatic rings. The van der Waals surface area contributed by atoms with Gasteiger partial charge in [0.25, 0.3) is 5.91 Å². The van der Waals surface area contributed by atoms with E-state index in [0.717, 1.165) is 12.2 Å².